The van der Waals surface area contributed by atoms with E-state index in [0.29, 0.717) is 23.0 Å². The van der Waals surface area contributed by atoms with Gasteiger partial charge in [0, 0.05) is 30.7 Å². The number of fused-ring (bicyclic) bond motifs is 1. The molecule has 3 heterocycles. The summed E-state index contributed by atoms with van der Waals surface area (Å²) in [6, 6.07) is 7.43. The second-order valence-electron chi connectivity index (χ2n) is 5.45. The number of rotatable bonds is 3. The first-order chi connectivity index (χ1) is 11.6. The Bertz CT molecular complexity index is 858. The van der Waals surface area contributed by atoms with Gasteiger partial charge in [-0.3, -0.25) is 0 Å². The van der Waals surface area contributed by atoms with Crippen LogP contribution in [-0.4, -0.2) is 21.9 Å². The topological polar surface area (TPSA) is 90.9 Å². The Morgan fingerprint density at radius 2 is 2.21 bits per heavy atom. The van der Waals surface area contributed by atoms with Crippen molar-refractivity contribution < 1.29 is 0 Å². The van der Waals surface area contributed by atoms with E-state index in [9.17, 15) is 0 Å². The molecule has 6 nitrogen and oxygen atoms in total. The molecule has 0 spiro atoms. The molecule has 24 heavy (non-hydrogen) atoms. The van der Waals surface area contributed by atoms with Crippen molar-refractivity contribution >= 4 is 29.2 Å². The lowest BCUT2D eigenvalue weighted by Crippen LogP contribution is -2.16. The summed E-state index contributed by atoms with van der Waals surface area (Å²) in [6.07, 6.45) is 8.59. The SMILES string of the molecule is CC/C=C1\c2c(cc(Nc3ccc(C#N)cn3)nc2N)C=CN1C. The molecule has 0 saturated carbocycles. The molecule has 0 bridgehead atoms. The zero-order valence-corrected chi connectivity index (χ0v) is 13.6. The fourth-order valence-corrected chi connectivity index (χ4v) is 2.61. The van der Waals surface area contributed by atoms with E-state index >= 15 is 0 Å². The van der Waals surface area contributed by atoms with E-state index in [4.69, 9.17) is 11.0 Å². The Kier molecular flexibility index (Phi) is 4.17. The second-order valence-corrected chi connectivity index (χ2v) is 5.45. The van der Waals surface area contributed by atoms with Crippen LogP contribution in [-0.2, 0) is 0 Å². The van der Waals surface area contributed by atoms with Gasteiger partial charge in [0.15, 0.2) is 0 Å². The highest BCUT2D eigenvalue weighted by Crippen LogP contribution is 2.34. The van der Waals surface area contributed by atoms with Crippen molar-refractivity contribution in [1.29, 1.82) is 5.26 Å². The molecule has 1 aliphatic rings. The van der Waals surface area contributed by atoms with E-state index in [-0.39, 0.29) is 0 Å². The minimum Gasteiger partial charge on any atom is -0.383 e. The first-order valence-corrected chi connectivity index (χ1v) is 7.67. The lowest BCUT2D eigenvalue weighted by atomic mass is 10.0. The maximum absolute atomic E-state index is 8.82. The quantitative estimate of drug-likeness (QED) is 0.902. The van der Waals surface area contributed by atoms with Crippen molar-refractivity contribution in [3.63, 3.8) is 0 Å². The molecule has 0 amide bonds. The van der Waals surface area contributed by atoms with Crippen LogP contribution in [0.3, 0.4) is 0 Å². The minimum absolute atomic E-state index is 0.472. The standard InChI is InChI=1S/C18H18N6/c1-3-4-14-17-13(7-8-24(14)2)9-16(23-18(17)20)22-15-6-5-12(10-19)11-21-15/h4-9,11H,3H2,1-2H3,(H3,20,21,22,23)/b14-4+. The maximum Gasteiger partial charge on any atom is 0.135 e. The van der Waals surface area contributed by atoms with Crippen molar-refractivity contribution in [3.8, 4) is 6.07 Å². The van der Waals surface area contributed by atoms with Crippen molar-refractivity contribution in [2.24, 2.45) is 0 Å². The lowest BCUT2D eigenvalue weighted by Gasteiger charge is -2.26. The van der Waals surface area contributed by atoms with Gasteiger partial charge in [0.25, 0.3) is 0 Å². The summed E-state index contributed by atoms with van der Waals surface area (Å²) in [4.78, 5) is 10.7. The first kappa shape index (κ1) is 15.6. The summed E-state index contributed by atoms with van der Waals surface area (Å²) >= 11 is 0. The highest BCUT2D eigenvalue weighted by Gasteiger charge is 2.19. The Morgan fingerprint density at radius 3 is 2.88 bits per heavy atom. The molecule has 0 radical (unpaired) electrons. The van der Waals surface area contributed by atoms with E-state index in [2.05, 4.69) is 28.3 Å². The number of nitrogen functional groups attached to an aromatic ring is 1. The zero-order chi connectivity index (χ0) is 17.1. The number of hydrogen-bond acceptors (Lipinski definition) is 6. The monoisotopic (exact) mass is 318 g/mol. The smallest absolute Gasteiger partial charge is 0.135 e. The van der Waals surface area contributed by atoms with Crippen LogP contribution < -0.4 is 11.1 Å². The number of hydrogen-bond donors (Lipinski definition) is 2. The number of aromatic nitrogens is 2. The molecule has 0 fully saturated rings. The van der Waals surface area contributed by atoms with Crippen LogP contribution in [0.1, 0.15) is 30.0 Å². The van der Waals surface area contributed by atoms with Crippen LogP contribution in [0, 0.1) is 11.3 Å². The molecule has 0 atom stereocenters. The summed E-state index contributed by atoms with van der Waals surface area (Å²) in [6.45, 7) is 2.09. The average Bonchev–Trinajstić information content (AvgIpc) is 2.58. The number of nitrogens with zero attached hydrogens (tertiary/aromatic N) is 4. The van der Waals surface area contributed by atoms with Crippen LogP contribution in [0.15, 0.2) is 36.7 Å². The number of nitrogens with two attached hydrogens (primary N) is 1. The van der Waals surface area contributed by atoms with Crippen molar-refractivity contribution in [2.75, 3.05) is 18.1 Å². The lowest BCUT2D eigenvalue weighted by molar-refractivity contribution is 0.651. The van der Waals surface area contributed by atoms with Crippen LogP contribution in [0.2, 0.25) is 0 Å². The largest absolute Gasteiger partial charge is 0.383 e. The van der Waals surface area contributed by atoms with E-state index in [1.165, 1.54) is 6.20 Å². The van der Waals surface area contributed by atoms with Gasteiger partial charge in [-0.1, -0.05) is 13.0 Å². The third kappa shape index (κ3) is 2.92. The van der Waals surface area contributed by atoms with Gasteiger partial charge in [-0.15, -0.1) is 0 Å². The van der Waals surface area contributed by atoms with E-state index in [1.54, 1.807) is 12.1 Å². The molecule has 2 aromatic rings. The van der Waals surface area contributed by atoms with Gasteiger partial charge in [0.1, 0.15) is 23.5 Å². The Balaban J connectivity index is 1.96. The van der Waals surface area contributed by atoms with Crippen LogP contribution >= 0.6 is 0 Å². The molecular formula is C18H18N6. The number of nitrogens with one attached hydrogen (secondary N) is 1. The van der Waals surface area contributed by atoms with Crippen LogP contribution in [0.25, 0.3) is 11.8 Å². The number of pyridine rings is 2. The van der Waals surface area contributed by atoms with Gasteiger partial charge in [-0.25, -0.2) is 9.97 Å². The van der Waals surface area contributed by atoms with E-state index in [0.717, 1.165) is 23.2 Å². The summed E-state index contributed by atoms with van der Waals surface area (Å²) in [5, 5.41) is 11.9. The molecule has 2 aromatic heterocycles. The summed E-state index contributed by atoms with van der Waals surface area (Å²) < 4.78 is 0. The summed E-state index contributed by atoms with van der Waals surface area (Å²) in [5.41, 5.74) is 9.73. The molecule has 1 aliphatic heterocycles. The molecule has 0 unspecified atom stereocenters. The van der Waals surface area contributed by atoms with Gasteiger partial charge < -0.3 is 16.0 Å². The second kappa shape index (κ2) is 6.42. The Morgan fingerprint density at radius 1 is 1.38 bits per heavy atom. The molecule has 3 N–H and O–H groups in total. The van der Waals surface area contributed by atoms with Crippen molar-refractivity contribution in [3.05, 3.63) is 53.4 Å². The van der Waals surface area contributed by atoms with Gasteiger partial charge in [0.2, 0.25) is 0 Å². The predicted octanol–water partition coefficient (Wildman–Crippen LogP) is 3.34. The highest BCUT2D eigenvalue weighted by molar-refractivity contribution is 5.84. The Hall–Kier alpha value is -3.33. The van der Waals surface area contributed by atoms with E-state index < -0.39 is 0 Å². The minimum atomic E-state index is 0.472. The zero-order valence-electron chi connectivity index (χ0n) is 13.6. The first-order valence-electron chi connectivity index (χ1n) is 7.67. The highest BCUT2D eigenvalue weighted by atomic mass is 15.1. The number of allylic oxidation sites excluding steroid dienone is 1. The van der Waals surface area contributed by atoms with Crippen molar-refractivity contribution in [1.82, 2.24) is 14.9 Å². The predicted molar refractivity (Wildman–Crippen MR) is 95.9 cm³/mol. The Labute approximate surface area is 141 Å². The van der Waals surface area contributed by atoms with Gasteiger partial charge in [-0.2, -0.15) is 5.26 Å². The normalized spacial score (nSPS) is 14.4. The third-order valence-electron chi connectivity index (χ3n) is 3.74. The molecule has 0 saturated heterocycles. The van der Waals surface area contributed by atoms with Gasteiger partial charge in [0.05, 0.1) is 5.56 Å². The maximum atomic E-state index is 8.82. The molecule has 3 rings (SSSR count). The summed E-state index contributed by atoms with van der Waals surface area (Å²) in [5.74, 6) is 1.70. The fourth-order valence-electron chi connectivity index (χ4n) is 2.61. The van der Waals surface area contributed by atoms with E-state index in [1.807, 2.05) is 36.4 Å². The fraction of sp³-hybridized carbons (Fsp3) is 0.167. The summed E-state index contributed by atoms with van der Waals surface area (Å²) in [7, 11) is 1.99. The third-order valence-corrected chi connectivity index (χ3v) is 3.74. The molecule has 0 aliphatic carbocycles. The molecule has 0 aromatic carbocycles. The molecule has 6 heteroatoms. The van der Waals surface area contributed by atoms with Crippen LogP contribution in [0.5, 0.6) is 0 Å². The average molecular weight is 318 g/mol. The number of nitriles is 1. The van der Waals surface area contributed by atoms with Gasteiger partial charge in [-0.05, 0) is 36.3 Å². The number of anilines is 3. The molecular weight excluding hydrogens is 300 g/mol. The molecule has 120 valence electrons. The van der Waals surface area contributed by atoms with Gasteiger partial charge >= 0.3 is 0 Å². The van der Waals surface area contributed by atoms with Crippen molar-refractivity contribution in [2.45, 2.75) is 13.3 Å². The van der Waals surface area contributed by atoms with Crippen LogP contribution in [0.4, 0.5) is 17.5 Å².